The highest BCUT2D eigenvalue weighted by Gasteiger charge is 2.29. The van der Waals surface area contributed by atoms with Gasteiger partial charge < -0.3 is 20.1 Å². The van der Waals surface area contributed by atoms with Crippen molar-refractivity contribution in [1.82, 2.24) is 10.2 Å². The normalized spacial score (nSPS) is 18.9. The molecule has 4 nitrogen and oxygen atoms in total. The van der Waals surface area contributed by atoms with E-state index in [0.29, 0.717) is 23.8 Å². The highest BCUT2D eigenvalue weighted by Crippen LogP contribution is 2.33. The molecule has 2 aromatic carbocycles. The van der Waals surface area contributed by atoms with Crippen molar-refractivity contribution >= 4 is 11.6 Å². The van der Waals surface area contributed by atoms with Crippen LogP contribution in [0.4, 0.5) is 0 Å². The number of rotatable bonds is 5. The van der Waals surface area contributed by atoms with Crippen molar-refractivity contribution in [1.29, 1.82) is 0 Å². The number of halogens is 1. The van der Waals surface area contributed by atoms with Gasteiger partial charge in [-0.25, -0.2) is 0 Å². The molecule has 0 radical (unpaired) electrons. The Labute approximate surface area is 186 Å². The molecule has 4 rings (SSSR count). The maximum Gasteiger partial charge on any atom is 0.138 e. The predicted octanol–water partition coefficient (Wildman–Crippen LogP) is 4.68. The summed E-state index contributed by atoms with van der Waals surface area (Å²) in [7, 11) is 2.15. The highest BCUT2D eigenvalue weighted by atomic mass is 35.5. The molecule has 0 amide bonds. The molecule has 0 atom stereocenters. The Hall–Kier alpha value is -1.59. The van der Waals surface area contributed by atoms with E-state index in [0.717, 1.165) is 49.9 Å². The summed E-state index contributed by atoms with van der Waals surface area (Å²) < 4.78 is 5.80. The molecule has 1 aliphatic carbocycles. The zero-order valence-corrected chi connectivity index (χ0v) is 18.8. The third-order valence-corrected chi connectivity index (χ3v) is 6.19. The first-order valence-corrected chi connectivity index (χ1v) is 11.5. The number of benzene rings is 2. The molecule has 1 saturated carbocycles. The van der Waals surface area contributed by atoms with E-state index in [1.165, 1.54) is 19.5 Å². The Balaban J connectivity index is 0.000000310. The molecule has 1 aliphatic heterocycles. The van der Waals surface area contributed by atoms with Crippen molar-refractivity contribution in [3.8, 4) is 5.75 Å². The van der Waals surface area contributed by atoms with Gasteiger partial charge in [-0.2, -0.15) is 0 Å². The molecule has 0 aromatic heterocycles. The van der Waals surface area contributed by atoms with E-state index in [9.17, 15) is 5.11 Å². The Morgan fingerprint density at radius 3 is 2.30 bits per heavy atom. The quantitative estimate of drug-likeness (QED) is 0.723. The minimum Gasteiger partial charge on any atom is -0.487 e. The maximum atomic E-state index is 10.7. The van der Waals surface area contributed by atoms with Gasteiger partial charge in [0.05, 0.1) is 10.6 Å². The van der Waals surface area contributed by atoms with Gasteiger partial charge in [0.1, 0.15) is 12.4 Å². The lowest BCUT2D eigenvalue weighted by Gasteiger charge is -2.32. The van der Waals surface area contributed by atoms with Crippen molar-refractivity contribution in [2.24, 2.45) is 0 Å². The molecular weight excluding hydrogens is 396 g/mol. The molecule has 1 heterocycles. The van der Waals surface area contributed by atoms with Crippen LogP contribution in [0.15, 0.2) is 48.5 Å². The molecule has 5 heteroatoms. The first-order valence-electron chi connectivity index (χ1n) is 11.1. The lowest BCUT2D eigenvalue weighted by atomic mass is 9.80. The smallest absolute Gasteiger partial charge is 0.138 e. The highest BCUT2D eigenvalue weighted by molar-refractivity contribution is 6.32. The summed E-state index contributed by atoms with van der Waals surface area (Å²) in [4.78, 5) is 2.33. The standard InChI is InChI=1S/C20H23ClO2.C5H12N2/c21-18-13-17(14-20(22)11-5-2-6-12-20)9-10-19(18)23-15-16-7-3-1-4-8-16;1-7-4-2-6-3-5-7/h1,3-4,7-10,13,22H,2,5-6,11-12,14-15H2;6H,2-5H2,1H3. The maximum absolute atomic E-state index is 10.7. The lowest BCUT2D eigenvalue weighted by Crippen LogP contribution is -2.40. The number of hydrogen-bond acceptors (Lipinski definition) is 4. The molecule has 0 bridgehead atoms. The number of nitrogens with zero attached hydrogens (tertiary/aromatic N) is 1. The number of aliphatic hydroxyl groups is 1. The van der Waals surface area contributed by atoms with E-state index in [4.69, 9.17) is 16.3 Å². The summed E-state index contributed by atoms with van der Waals surface area (Å²) in [5.41, 5.74) is 1.63. The van der Waals surface area contributed by atoms with Gasteiger partial charge in [-0.15, -0.1) is 0 Å². The van der Waals surface area contributed by atoms with Crippen LogP contribution in [-0.2, 0) is 13.0 Å². The van der Waals surface area contributed by atoms with Crippen LogP contribution in [-0.4, -0.2) is 48.8 Å². The predicted molar refractivity (Wildman–Crippen MR) is 124 cm³/mol. The van der Waals surface area contributed by atoms with E-state index >= 15 is 0 Å². The molecule has 2 N–H and O–H groups in total. The largest absolute Gasteiger partial charge is 0.487 e. The molecule has 1 saturated heterocycles. The first kappa shape index (κ1) is 23.1. The van der Waals surface area contributed by atoms with Crippen LogP contribution >= 0.6 is 11.6 Å². The fourth-order valence-electron chi connectivity index (χ4n) is 4.05. The molecule has 2 aliphatic rings. The zero-order chi connectivity index (χ0) is 21.2. The third-order valence-electron chi connectivity index (χ3n) is 5.89. The SMILES string of the molecule is CN1CCNCC1.OC1(Cc2ccc(OCc3ccccc3)c(Cl)c2)CCCCC1. The number of nitrogens with one attached hydrogen (secondary N) is 1. The van der Waals surface area contributed by atoms with E-state index in [2.05, 4.69) is 17.3 Å². The second-order valence-corrected chi connectivity index (χ2v) is 8.96. The molecular formula is C25H35ClN2O2. The summed E-state index contributed by atoms with van der Waals surface area (Å²) in [5.74, 6) is 0.690. The van der Waals surface area contributed by atoms with Gasteiger partial charge in [-0.05, 0) is 43.1 Å². The Kier molecular flexibility index (Phi) is 9.01. The lowest BCUT2D eigenvalue weighted by molar-refractivity contribution is 0.00448. The summed E-state index contributed by atoms with van der Waals surface area (Å²) in [6, 6.07) is 15.9. The van der Waals surface area contributed by atoms with Crippen LogP contribution in [0.25, 0.3) is 0 Å². The summed E-state index contributed by atoms with van der Waals surface area (Å²) in [5, 5.41) is 14.5. The van der Waals surface area contributed by atoms with Crippen molar-refractivity contribution in [3.05, 3.63) is 64.7 Å². The minimum atomic E-state index is -0.562. The van der Waals surface area contributed by atoms with E-state index < -0.39 is 5.60 Å². The van der Waals surface area contributed by atoms with Crippen molar-refractivity contribution in [3.63, 3.8) is 0 Å². The first-order chi connectivity index (χ1) is 14.5. The Morgan fingerprint density at radius 1 is 1.00 bits per heavy atom. The molecule has 0 unspecified atom stereocenters. The van der Waals surface area contributed by atoms with E-state index in [1.54, 1.807) is 0 Å². The molecule has 164 valence electrons. The van der Waals surface area contributed by atoms with Crippen molar-refractivity contribution in [2.45, 2.75) is 50.7 Å². The topological polar surface area (TPSA) is 44.7 Å². The Morgan fingerprint density at radius 2 is 1.70 bits per heavy atom. The Bertz CT molecular complexity index is 757. The van der Waals surface area contributed by atoms with Crippen LogP contribution in [0.5, 0.6) is 5.75 Å². The summed E-state index contributed by atoms with van der Waals surface area (Å²) in [6.45, 7) is 5.25. The monoisotopic (exact) mass is 430 g/mol. The van der Waals surface area contributed by atoms with Gasteiger partial charge in [-0.3, -0.25) is 0 Å². The molecule has 0 spiro atoms. The van der Waals surface area contributed by atoms with Gasteiger partial charge in [0.15, 0.2) is 0 Å². The third kappa shape index (κ3) is 7.59. The van der Waals surface area contributed by atoms with Crippen LogP contribution in [0.2, 0.25) is 5.02 Å². The van der Waals surface area contributed by atoms with Gasteiger partial charge in [0.25, 0.3) is 0 Å². The van der Waals surface area contributed by atoms with Gasteiger partial charge in [0.2, 0.25) is 0 Å². The van der Waals surface area contributed by atoms with Gasteiger partial charge in [0, 0.05) is 32.6 Å². The number of likely N-dealkylation sites (N-methyl/N-ethyl adjacent to an activating group) is 1. The average molecular weight is 431 g/mol. The second-order valence-electron chi connectivity index (χ2n) is 8.55. The van der Waals surface area contributed by atoms with Crippen molar-refractivity contribution < 1.29 is 9.84 Å². The average Bonchev–Trinajstić information content (AvgIpc) is 2.75. The van der Waals surface area contributed by atoms with Crippen molar-refractivity contribution in [2.75, 3.05) is 33.2 Å². The van der Waals surface area contributed by atoms with Crippen LogP contribution in [0, 0.1) is 0 Å². The van der Waals surface area contributed by atoms with Crippen LogP contribution in [0.1, 0.15) is 43.2 Å². The van der Waals surface area contributed by atoms with E-state index in [-0.39, 0.29) is 0 Å². The molecule has 2 fully saturated rings. The molecule has 2 aromatic rings. The fourth-order valence-corrected chi connectivity index (χ4v) is 4.31. The van der Waals surface area contributed by atoms with Gasteiger partial charge >= 0.3 is 0 Å². The van der Waals surface area contributed by atoms with Crippen LogP contribution < -0.4 is 10.1 Å². The number of piperazine rings is 1. The van der Waals surface area contributed by atoms with Gasteiger partial charge in [-0.1, -0.05) is 67.3 Å². The number of hydrogen-bond donors (Lipinski definition) is 2. The zero-order valence-electron chi connectivity index (χ0n) is 18.1. The second kappa shape index (κ2) is 11.7. The fraction of sp³-hybridized carbons (Fsp3) is 0.520. The van der Waals surface area contributed by atoms with E-state index in [1.807, 2.05) is 48.5 Å². The minimum absolute atomic E-state index is 0.504. The number of ether oxygens (including phenoxy) is 1. The summed E-state index contributed by atoms with van der Waals surface area (Å²) >= 11 is 6.35. The summed E-state index contributed by atoms with van der Waals surface area (Å²) in [6.07, 6.45) is 5.90. The van der Waals surface area contributed by atoms with Crippen LogP contribution in [0.3, 0.4) is 0 Å². The molecule has 30 heavy (non-hydrogen) atoms.